The molecule has 0 bridgehead atoms. The van der Waals surface area contributed by atoms with E-state index in [-0.39, 0.29) is 12.1 Å². The Balaban J connectivity index is 2.94. The Labute approximate surface area is 111 Å². The van der Waals surface area contributed by atoms with Gasteiger partial charge in [-0.1, -0.05) is 22.9 Å². The Morgan fingerprint density at radius 1 is 1.47 bits per heavy atom. The van der Waals surface area contributed by atoms with Crippen LogP contribution in [0.5, 0.6) is 0 Å². The minimum atomic E-state index is -0.151. The summed E-state index contributed by atoms with van der Waals surface area (Å²) in [6.07, 6.45) is 1.58. The molecule has 1 unspecified atom stereocenters. The minimum Gasteiger partial charge on any atom is -0.396 e. The molecule has 4 heteroatoms. The first-order valence-electron chi connectivity index (χ1n) is 5.63. The molecule has 17 heavy (non-hydrogen) atoms. The highest BCUT2D eigenvalue weighted by molar-refractivity contribution is 9.10. The van der Waals surface area contributed by atoms with Crippen molar-refractivity contribution in [2.24, 2.45) is 0 Å². The first kappa shape index (κ1) is 14.0. The summed E-state index contributed by atoms with van der Waals surface area (Å²) in [5.41, 5.74) is 1.36. The van der Waals surface area contributed by atoms with Gasteiger partial charge in [0, 0.05) is 22.3 Å². The van der Waals surface area contributed by atoms with Crippen LogP contribution in [0, 0.1) is 11.3 Å². The third-order valence-electron chi connectivity index (χ3n) is 2.92. The molecule has 2 N–H and O–H groups in total. The highest BCUT2D eigenvalue weighted by Gasteiger charge is 2.21. The normalized spacial score (nSPS) is 13.8. The topological polar surface area (TPSA) is 56.0 Å². The molecule has 0 saturated heterocycles. The Morgan fingerprint density at radius 2 is 2.18 bits per heavy atom. The van der Waals surface area contributed by atoms with Crippen molar-refractivity contribution in [3.05, 3.63) is 28.2 Å². The molecular weight excluding hydrogens is 280 g/mol. The molecule has 0 aliphatic rings. The molecule has 0 aliphatic heterocycles. The lowest BCUT2D eigenvalue weighted by molar-refractivity contribution is 0.252. The van der Waals surface area contributed by atoms with Gasteiger partial charge in [-0.05, 0) is 38.0 Å². The second kappa shape index (κ2) is 6.04. The zero-order chi connectivity index (χ0) is 12.9. The van der Waals surface area contributed by atoms with Crippen LogP contribution in [0.1, 0.15) is 32.3 Å². The summed E-state index contributed by atoms with van der Waals surface area (Å²) >= 11 is 3.38. The fraction of sp³-hybridized carbons (Fsp3) is 0.462. The summed E-state index contributed by atoms with van der Waals surface area (Å²) < 4.78 is 0.876. The number of rotatable bonds is 5. The number of halogens is 1. The van der Waals surface area contributed by atoms with E-state index >= 15 is 0 Å². The Bertz CT molecular complexity index is 428. The fourth-order valence-corrected chi connectivity index (χ4v) is 2.14. The van der Waals surface area contributed by atoms with E-state index in [1.54, 1.807) is 6.07 Å². The first-order valence-corrected chi connectivity index (χ1v) is 6.42. The number of benzene rings is 1. The van der Waals surface area contributed by atoms with Gasteiger partial charge in [0.05, 0.1) is 11.6 Å². The predicted molar refractivity (Wildman–Crippen MR) is 72.9 cm³/mol. The van der Waals surface area contributed by atoms with Crippen LogP contribution in [0.2, 0.25) is 0 Å². The molecule has 3 nitrogen and oxygen atoms in total. The lowest BCUT2D eigenvalue weighted by atomic mass is 9.94. The van der Waals surface area contributed by atoms with Crippen molar-refractivity contribution in [2.75, 3.05) is 11.9 Å². The molecule has 1 atom stereocenters. The average Bonchev–Trinajstić information content (AvgIpc) is 2.28. The summed E-state index contributed by atoms with van der Waals surface area (Å²) in [4.78, 5) is 0. The van der Waals surface area contributed by atoms with Crippen molar-refractivity contribution in [3.8, 4) is 6.07 Å². The molecule has 0 spiro atoms. The second-order valence-electron chi connectivity index (χ2n) is 4.35. The molecular formula is C13H17BrN2O. The molecule has 0 amide bonds. The number of aliphatic hydroxyl groups excluding tert-OH is 1. The third kappa shape index (κ3) is 4.03. The van der Waals surface area contributed by atoms with Crippen LogP contribution in [0.3, 0.4) is 0 Å². The van der Waals surface area contributed by atoms with E-state index in [0.717, 1.165) is 16.6 Å². The third-order valence-corrected chi connectivity index (χ3v) is 3.37. The number of nitrogens with one attached hydrogen (secondary N) is 1. The van der Waals surface area contributed by atoms with Crippen LogP contribution in [0.4, 0.5) is 5.69 Å². The summed E-state index contributed by atoms with van der Waals surface area (Å²) in [5.74, 6) is 0. The largest absolute Gasteiger partial charge is 0.396 e. The summed E-state index contributed by atoms with van der Waals surface area (Å²) in [5, 5.41) is 21.4. The molecule has 1 rings (SSSR count). The molecule has 0 aliphatic carbocycles. The fourth-order valence-electron chi connectivity index (χ4n) is 1.65. The van der Waals surface area contributed by atoms with Crippen LogP contribution in [-0.2, 0) is 0 Å². The van der Waals surface area contributed by atoms with Gasteiger partial charge in [-0.15, -0.1) is 0 Å². The van der Waals surface area contributed by atoms with Gasteiger partial charge in [-0.25, -0.2) is 0 Å². The van der Waals surface area contributed by atoms with Crippen LogP contribution in [-0.4, -0.2) is 17.3 Å². The highest BCUT2D eigenvalue weighted by atomic mass is 79.9. The number of hydrogen-bond acceptors (Lipinski definition) is 3. The van der Waals surface area contributed by atoms with Crippen LogP contribution < -0.4 is 5.32 Å². The van der Waals surface area contributed by atoms with Gasteiger partial charge >= 0.3 is 0 Å². The smallest absolute Gasteiger partial charge is 0.0992 e. The van der Waals surface area contributed by atoms with E-state index in [4.69, 9.17) is 10.4 Å². The van der Waals surface area contributed by atoms with Gasteiger partial charge in [0.1, 0.15) is 0 Å². The summed E-state index contributed by atoms with van der Waals surface area (Å²) in [6, 6.07) is 7.66. The molecule has 1 aromatic carbocycles. The van der Waals surface area contributed by atoms with Crippen molar-refractivity contribution >= 4 is 21.6 Å². The molecule has 0 saturated carbocycles. The van der Waals surface area contributed by atoms with Gasteiger partial charge in [0.25, 0.3) is 0 Å². The van der Waals surface area contributed by atoms with E-state index in [9.17, 15) is 0 Å². The number of anilines is 1. The standard InChI is InChI=1S/C13H17BrN2O/c1-3-13(2,4-5-17)16-12-7-10(9-15)6-11(14)8-12/h6-8,16-17H,3-5H2,1-2H3. The molecule has 0 fully saturated rings. The predicted octanol–water partition coefficient (Wildman–Crippen LogP) is 3.28. The number of nitrogens with zero attached hydrogens (tertiary/aromatic N) is 1. The van der Waals surface area contributed by atoms with Gasteiger partial charge in [-0.3, -0.25) is 0 Å². The maximum absolute atomic E-state index is 9.06. The zero-order valence-corrected chi connectivity index (χ0v) is 11.7. The van der Waals surface area contributed by atoms with Crippen molar-refractivity contribution in [1.82, 2.24) is 0 Å². The molecule has 1 aromatic rings. The van der Waals surface area contributed by atoms with Gasteiger partial charge in [0.2, 0.25) is 0 Å². The Kier molecular flexibility index (Phi) is 4.98. The Hall–Kier alpha value is -1.05. The molecule has 0 aromatic heterocycles. The van der Waals surface area contributed by atoms with Crippen LogP contribution in [0.25, 0.3) is 0 Å². The second-order valence-corrected chi connectivity index (χ2v) is 5.27. The van der Waals surface area contributed by atoms with E-state index in [2.05, 4.69) is 41.2 Å². The number of aliphatic hydroxyl groups is 1. The maximum Gasteiger partial charge on any atom is 0.0992 e. The van der Waals surface area contributed by atoms with Crippen LogP contribution in [0.15, 0.2) is 22.7 Å². The van der Waals surface area contributed by atoms with Gasteiger partial charge < -0.3 is 10.4 Å². The van der Waals surface area contributed by atoms with E-state index in [0.29, 0.717) is 12.0 Å². The zero-order valence-electron chi connectivity index (χ0n) is 10.1. The monoisotopic (exact) mass is 296 g/mol. The van der Waals surface area contributed by atoms with Crippen molar-refractivity contribution in [3.63, 3.8) is 0 Å². The lowest BCUT2D eigenvalue weighted by Crippen LogP contribution is -2.35. The summed E-state index contributed by atoms with van der Waals surface area (Å²) in [7, 11) is 0. The van der Waals surface area contributed by atoms with Crippen molar-refractivity contribution in [2.45, 2.75) is 32.2 Å². The van der Waals surface area contributed by atoms with Crippen molar-refractivity contribution in [1.29, 1.82) is 5.26 Å². The van der Waals surface area contributed by atoms with Gasteiger partial charge in [0.15, 0.2) is 0 Å². The van der Waals surface area contributed by atoms with Crippen molar-refractivity contribution < 1.29 is 5.11 Å². The van der Waals surface area contributed by atoms with Gasteiger partial charge in [-0.2, -0.15) is 5.26 Å². The molecule has 92 valence electrons. The number of hydrogen-bond donors (Lipinski definition) is 2. The lowest BCUT2D eigenvalue weighted by Gasteiger charge is -2.30. The maximum atomic E-state index is 9.06. The first-order chi connectivity index (χ1) is 8.03. The Morgan fingerprint density at radius 3 is 2.71 bits per heavy atom. The SMILES string of the molecule is CCC(C)(CCO)Nc1cc(Br)cc(C#N)c1. The van der Waals surface area contributed by atoms with E-state index in [1.165, 1.54) is 0 Å². The van der Waals surface area contributed by atoms with Crippen LogP contribution >= 0.6 is 15.9 Å². The molecule has 0 heterocycles. The quantitative estimate of drug-likeness (QED) is 0.877. The van der Waals surface area contributed by atoms with E-state index in [1.807, 2.05) is 12.1 Å². The number of nitriles is 1. The average molecular weight is 297 g/mol. The van der Waals surface area contributed by atoms with E-state index < -0.39 is 0 Å². The minimum absolute atomic E-state index is 0.149. The summed E-state index contributed by atoms with van der Waals surface area (Å²) in [6.45, 7) is 4.29. The highest BCUT2D eigenvalue weighted by Crippen LogP contribution is 2.25. The molecule has 0 radical (unpaired) electrons.